The minimum atomic E-state index is -0.219. The predicted octanol–water partition coefficient (Wildman–Crippen LogP) is 3.21. The molecular weight excluding hydrogens is 342 g/mol. The molecule has 3 aliphatic heterocycles. The van der Waals surface area contributed by atoms with Crippen LogP contribution in [0.3, 0.4) is 0 Å². The number of benzene rings is 1. The highest BCUT2D eigenvalue weighted by Crippen LogP contribution is 2.31. The van der Waals surface area contributed by atoms with E-state index >= 15 is 0 Å². The Hall–Kier alpha value is -1.95. The number of hydrogen-bond donors (Lipinski definition) is 1. The van der Waals surface area contributed by atoms with Crippen LogP contribution in [0, 0.1) is 5.92 Å². The number of ether oxygens (including phenoxy) is 1. The smallest absolute Gasteiger partial charge is 0.322 e. The summed E-state index contributed by atoms with van der Waals surface area (Å²) in [6.45, 7) is 3.86. The van der Waals surface area contributed by atoms with E-state index in [4.69, 9.17) is 16.3 Å². The molecule has 6 nitrogen and oxygen atoms in total. The maximum absolute atomic E-state index is 12.8. The second-order valence-corrected chi connectivity index (χ2v) is 7.08. The fourth-order valence-corrected chi connectivity index (χ4v) is 3.89. The lowest BCUT2D eigenvalue weighted by Gasteiger charge is -2.35. The maximum atomic E-state index is 12.8. The van der Waals surface area contributed by atoms with Crippen molar-refractivity contribution in [2.24, 2.45) is 5.92 Å². The van der Waals surface area contributed by atoms with E-state index in [-0.39, 0.29) is 23.9 Å². The van der Waals surface area contributed by atoms with Crippen LogP contribution in [0.1, 0.15) is 26.2 Å². The number of halogens is 1. The second-order valence-electron chi connectivity index (χ2n) is 6.64. The quantitative estimate of drug-likeness (QED) is 0.891. The number of carbonyl (C=O) groups is 2. The zero-order valence-electron chi connectivity index (χ0n) is 14.6. The lowest BCUT2D eigenvalue weighted by molar-refractivity contribution is -0.139. The third-order valence-electron chi connectivity index (χ3n) is 4.95. The highest BCUT2D eigenvalue weighted by atomic mass is 35.5. The molecule has 1 aromatic carbocycles. The Morgan fingerprint density at radius 3 is 2.88 bits per heavy atom. The van der Waals surface area contributed by atoms with E-state index in [1.807, 2.05) is 4.90 Å². The molecule has 3 heterocycles. The van der Waals surface area contributed by atoms with Crippen molar-refractivity contribution in [2.75, 3.05) is 32.1 Å². The number of fused-ring (bicyclic) bond motifs is 4. The average molecular weight is 366 g/mol. The van der Waals surface area contributed by atoms with Crippen LogP contribution >= 0.6 is 11.6 Å². The van der Waals surface area contributed by atoms with Crippen LogP contribution in [0.25, 0.3) is 0 Å². The van der Waals surface area contributed by atoms with E-state index in [9.17, 15) is 9.59 Å². The third kappa shape index (κ3) is 3.68. The van der Waals surface area contributed by atoms with Gasteiger partial charge in [-0.2, -0.15) is 0 Å². The SMILES string of the molecule is CCCN1C(=O)[C@@H]2CC[C@H]1CN(C(=O)Nc1cc(Cl)ccc1OC)C2. The van der Waals surface area contributed by atoms with Crippen molar-refractivity contribution in [1.82, 2.24) is 9.80 Å². The molecule has 3 amide bonds. The summed E-state index contributed by atoms with van der Waals surface area (Å²) in [5.41, 5.74) is 0.535. The largest absolute Gasteiger partial charge is 0.495 e. The summed E-state index contributed by atoms with van der Waals surface area (Å²) in [7, 11) is 1.55. The summed E-state index contributed by atoms with van der Waals surface area (Å²) < 4.78 is 5.28. The van der Waals surface area contributed by atoms with Gasteiger partial charge in [-0.05, 0) is 37.5 Å². The number of rotatable bonds is 4. The molecule has 0 aliphatic carbocycles. The molecule has 0 unspecified atom stereocenters. The topological polar surface area (TPSA) is 61.9 Å². The van der Waals surface area contributed by atoms with Gasteiger partial charge in [0.15, 0.2) is 0 Å². The van der Waals surface area contributed by atoms with Gasteiger partial charge in [0.05, 0.1) is 18.7 Å². The number of amides is 3. The van der Waals surface area contributed by atoms with Gasteiger partial charge in [-0.1, -0.05) is 18.5 Å². The van der Waals surface area contributed by atoms with Gasteiger partial charge in [0.25, 0.3) is 0 Å². The third-order valence-corrected chi connectivity index (χ3v) is 5.18. The Bertz CT molecular complexity index is 667. The molecule has 1 aromatic rings. The summed E-state index contributed by atoms with van der Waals surface area (Å²) in [4.78, 5) is 29.1. The number of hydrogen-bond acceptors (Lipinski definition) is 3. The molecule has 2 atom stereocenters. The van der Waals surface area contributed by atoms with Crippen molar-refractivity contribution in [3.63, 3.8) is 0 Å². The summed E-state index contributed by atoms with van der Waals surface area (Å²) in [5.74, 6) is 0.644. The first-order valence-electron chi connectivity index (χ1n) is 8.73. The monoisotopic (exact) mass is 365 g/mol. The number of urea groups is 1. The van der Waals surface area contributed by atoms with Crippen molar-refractivity contribution in [3.05, 3.63) is 23.2 Å². The van der Waals surface area contributed by atoms with Gasteiger partial charge in [0.2, 0.25) is 5.91 Å². The van der Waals surface area contributed by atoms with Gasteiger partial charge < -0.3 is 19.9 Å². The molecule has 0 saturated carbocycles. The first-order valence-corrected chi connectivity index (χ1v) is 9.11. The number of methoxy groups -OCH3 is 1. The zero-order chi connectivity index (χ0) is 18.0. The van der Waals surface area contributed by atoms with Crippen molar-refractivity contribution in [2.45, 2.75) is 32.2 Å². The summed E-state index contributed by atoms with van der Waals surface area (Å²) in [6, 6.07) is 4.99. The highest BCUT2D eigenvalue weighted by molar-refractivity contribution is 6.31. The number of anilines is 1. The molecule has 25 heavy (non-hydrogen) atoms. The lowest BCUT2D eigenvalue weighted by atomic mass is 9.94. The van der Waals surface area contributed by atoms with Crippen molar-refractivity contribution in [3.8, 4) is 5.75 Å². The standard InChI is InChI=1S/C18H24ClN3O3/c1-3-8-22-14-6-4-12(17(22)23)10-21(11-14)18(24)20-15-9-13(19)5-7-16(15)25-2/h5,7,9,12,14H,3-4,6,8,10-11H2,1-2H3,(H,20,24)/t12-,14+/m1/s1. The number of carbonyl (C=O) groups excluding carboxylic acids is 2. The van der Waals surface area contributed by atoms with Gasteiger partial charge in [0, 0.05) is 30.7 Å². The zero-order valence-corrected chi connectivity index (χ0v) is 15.4. The number of nitrogens with one attached hydrogen (secondary N) is 1. The van der Waals surface area contributed by atoms with Gasteiger partial charge in [0.1, 0.15) is 5.75 Å². The first-order chi connectivity index (χ1) is 12.0. The normalized spacial score (nSPS) is 22.8. The molecule has 0 aromatic heterocycles. The number of nitrogens with zero attached hydrogens (tertiary/aromatic N) is 2. The van der Waals surface area contributed by atoms with Crippen LogP contribution in [0.4, 0.5) is 10.5 Å². The van der Waals surface area contributed by atoms with Crippen LogP contribution in [0.5, 0.6) is 5.75 Å². The Kier molecular flexibility index (Phi) is 5.37. The molecule has 4 rings (SSSR count). The molecular formula is C18H24ClN3O3. The predicted molar refractivity (Wildman–Crippen MR) is 97.1 cm³/mol. The van der Waals surface area contributed by atoms with Gasteiger partial charge in [-0.15, -0.1) is 0 Å². The Balaban J connectivity index is 1.75. The fourth-order valence-electron chi connectivity index (χ4n) is 3.71. The molecule has 3 aliphatic rings. The minimum absolute atomic E-state index is 0.0997. The molecule has 136 valence electrons. The van der Waals surface area contributed by atoms with Crippen LogP contribution in [0.2, 0.25) is 5.02 Å². The highest BCUT2D eigenvalue weighted by Gasteiger charge is 2.41. The fraction of sp³-hybridized carbons (Fsp3) is 0.556. The number of piperidine rings is 1. The van der Waals surface area contributed by atoms with Crippen molar-refractivity contribution < 1.29 is 14.3 Å². The van der Waals surface area contributed by atoms with Gasteiger partial charge in [-0.25, -0.2) is 4.79 Å². The Morgan fingerprint density at radius 1 is 1.36 bits per heavy atom. The van der Waals surface area contributed by atoms with Crippen LogP contribution in [-0.4, -0.2) is 54.5 Å². The van der Waals surface area contributed by atoms with E-state index in [0.29, 0.717) is 29.5 Å². The van der Waals surface area contributed by atoms with E-state index < -0.39 is 0 Å². The van der Waals surface area contributed by atoms with E-state index in [2.05, 4.69) is 12.2 Å². The summed E-state index contributed by atoms with van der Waals surface area (Å²) in [6.07, 6.45) is 2.75. The molecule has 2 bridgehead atoms. The minimum Gasteiger partial charge on any atom is -0.495 e. The first kappa shape index (κ1) is 17.9. The van der Waals surface area contributed by atoms with E-state index in [1.54, 1.807) is 30.2 Å². The van der Waals surface area contributed by atoms with Crippen LogP contribution < -0.4 is 10.1 Å². The van der Waals surface area contributed by atoms with Crippen molar-refractivity contribution in [1.29, 1.82) is 0 Å². The molecule has 3 fully saturated rings. The second kappa shape index (κ2) is 7.52. The van der Waals surface area contributed by atoms with Gasteiger partial charge in [-0.3, -0.25) is 4.79 Å². The van der Waals surface area contributed by atoms with E-state index in [0.717, 1.165) is 25.8 Å². The molecule has 0 radical (unpaired) electrons. The van der Waals surface area contributed by atoms with Gasteiger partial charge >= 0.3 is 6.03 Å². The Labute approximate surface area is 153 Å². The molecule has 0 spiro atoms. The van der Waals surface area contributed by atoms with E-state index in [1.165, 1.54) is 0 Å². The molecule has 1 N–H and O–H groups in total. The lowest BCUT2D eigenvalue weighted by Crippen LogP contribution is -2.48. The molecule has 3 saturated heterocycles. The summed E-state index contributed by atoms with van der Waals surface area (Å²) >= 11 is 6.03. The van der Waals surface area contributed by atoms with Crippen LogP contribution in [0.15, 0.2) is 18.2 Å². The average Bonchev–Trinajstić information content (AvgIpc) is 2.88. The molecule has 7 heteroatoms. The summed E-state index contributed by atoms with van der Waals surface area (Å²) in [5, 5.41) is 3.40. The Morgan fingerprint density at radius 2 is 2.16 bits per heavy atom. The maximum Gasteiger partial charge on any atom is 0.322 e. The van der Waals surface area contributed by atoms with Crippen LogP contribution in [-0.2, 0) is 4.79 Å². The van der Waals surface area contributed by atoms with Crippen molar-refractivity contribution >= 4 is 29.2 Å².